The molecule has 0 aromatic heterocycles. The van der Waals surface area contributed by atoms with Crippen LogP contribution >= 0.6 is 0 Å². The number of benzene rings is 1. The van der Waals surface area contributed by atoms with Gasteiger partial charge in [0.1, 0.15) is 5.82 Å². The van der Waals surface area contributed by atoms with Crippen LogP contribution in [-0.2, 0) is 10.0 Å². The van der Waals surface area contributed by atoms with Gasteiger partial charge in [0.15, 0.2) is 0 Å². The zero-order valence-corrected chi connectivity index (χ0v) is 13.6. The Bertz CT molecular complexity index is 520. The lowest BCUT2D eigenvalue weighted by Gasteiger charge is -2.22. The second-order valence-electron chi connectivity index (χ2n) is 4.92. The molecule has 0 radical (unpaired) electrons. The molecular formula is C15H25FN2O2S. The highest BCUT2D eigenvalue weighted by Crippen LogP contribution is 2.19. The third-order valence-corrected chi connectivity index (χ3v) is 5.10. The van der Waals surface area contributed by atoms with Crippen LogP contribution in [0.2, 0.25) is 0 Å². The molecule has 21 heavy (non-hydrogen) atoms. The molecule has 0 spiro atoms. The number of hydrogen-bond donors (Lipinski definition) is 1. The van der Waals surface area contributed by atoms with E-state index in [4.69, 9.17) is 0 Å². The number of rotatable bonds is 10. The Morgan fingerprint density at radius 2 is 1.95 bits per heavy atom. The molecule has 0 unspecified atom stereocenters. The van der Waals surface area contributed by atoms with Crippen molar-refractivity contribution in [3.05, 3.63) is 30.1 Å². The topological polar surface area (TPSA) is 49.4 Å². The van der Waals surface area contributed by atoms with Crippen molar-refractivity contribution in [3.63, 3.8) is 0 Å². The van der Waals surface area contributed by atoms with Crippen LogP contribution in [0, 0.1) is 5.82 Å². The lowest BCUT2D eigenvalue weighted by Crippen LogP contribution is -2.33. The maximum absolute atomic E-state index is 13.2. The van der Waals surface area contributed by atoms with E-state index >= 15 is 0 Å². The van der Waals surface area contributed by atoms with Crippen LogP contribution in [0.15, 0.2) is 24.3 Å². The molecule has 0 amide bonds. The van der Waals surface area contributed by atoms with Gasteiger partial charge in [0.2, 0.25) is 10.0 Å². The average Bonchev–Trinajstić information content (AvgIpc) is 2.43. The van der Waals surface area contributed by atoms with Gasteiger partial charge in [-0.2, -0.15) is 0 Å². The number of nitrogens with one attached hydrogen (secondary N) is 1. The maximum atomic E-state index is 13.2. The van der Waals surface area contributed by atoms with Gasteiger partial charge in [-0.15, -0.1) is 0 Å². The molecule has 120 valence electrons. The van der Waals surface area contributed by atoms with Crippen molar-refractivity contribution in [1.29, 1.82) is 0 Å². The third kappa shape index (κ3) is 6.01. The fraction of sp³-hybridized carbons (Fsp3) is 0.600. The van der Waals surface area contributed by atoms with Crippen molar-refractivity contribution < 1.29 is 12.8 Å². The zero-order chi connectivity index (χ0) is 15.7. The van der Waals surface area contributed by atoms with Crippen molar-refractivity contribution in [2.75, 3.05) is 29.7 Å². The number of halogens is 1. The molecule has 0 saturated heterocycles. The molecule has 0 atom stereocenters. The Morgan fingerprint density at radius 3 is 2.57 bits per heavy atom. The molecule has 1 rings (SSSR count). The van der Waals surface area contributed by atoms with Gasteiger partial charge in [0, 0.05) is 6.54 Å². The molecule has 1 aromatic rings. The largest absolute Gasteiger partial charge is 0.317 e. The van der Waals surface area contributed by atoms with Crippen molar-refractivity contribution in [3.8, 4) is 0 Å². The summed E-state index contributed by atoms with van der Waals surface area (Å²) < 4.78 is 39.2. The van der Waals surface area contributed by atoms with Gasteiger partial charge in [0.05, 0.1) is 11.4 Å². The van der Waals surface area contributed by atoms with E-state index in [1.165, 1.54) is 22.5 Å². The summed E-state index contributed by atoms with van der Waals surface area (Å²) in [7, 11) is -3.40. The van der Waals surface area contributed by atoms with Gasteiger partial charge in [0.25, 0.3) is 0 Å². The molecule has 0 aliphatic rings. The lowest BCUT2D eigenvalue weighted by molar-refractivity contribution is 0.582. The first-order valence-corrected chi connectivity index (χ1v) is 9.09. The molecule has 1 aromatic carbocycles. The summed E-state index contributed by atoms with van der Waals surface area (Å²) >= 11 is 0. The molecule has 0 heterocycles. The van der Waals surface area contributed by atoms with E-state index < -0.39 is 15.8 Å². The highest BCUT2D eigenvalue weighted by Gasteiger charge is 2.20. The number of anilines is 1. The Morgan fingerprint density at radius 1 is 1.19 bits per heavy atom. The van der Waals surface area contributed by atoms with Crippen molar-refractivity contribution in [2.24, 2.45) is 0 Å². The van der Waals surface area contributed by atoms with E-state index in [0.29, 0.717) is 18.7 Å². The summed E-state index contributed by atoms with van der Waals surface area (Å²) in [6.45, 7) is 5.94. The number of unbranched alkanes of at least 4 members (excludes halogenated alkanes) is 1. The summed E-state index contributed by atoms with van der Waals surface area (Å²) in [5.41, 5.74) is 0.390. The molecule has 0 saturated carbocycles. The van der Waals surface area contributed by atoms with Gasteiger partial charge in [-0.1, -0.05) is 13.0 Å². The Kier molecular flexibility index (Phi) is 7.67. The number of sulfonamides is 1. The van der Waals surface area contributed by atoms with Crippen LogP contribution < -0.4 is 9.62 Å². The molecule has 0 fully saturated rings. The summed E-state index contributed by atoms with van der Waals surface area (Å²) in [6, 6.07) is 5.71. The molecule has 6 heteroatoms. The van der Waals surface area contributed by atoms with E-state index in [9.17, 15) is 12.8 Å². The Balaban J connectivity index is 2.58. The molecule has 1 N–H and O–H groups in total. The van der Waals surface area contributed by atoms with E-state index in [1.54, 1.807) is 13.0 Å². The quantitative estimate of drug-likeness (QED) is 0.675. The fourth-order valence-electron chi connectivity index (χ4n) is 2.12. The van der Waals surface area contributed by atoms with Gasteiger partial charge in [-0.3, -0.25) is 4.31 Å². The lowest BCUT2D eigenvalue weighted by atomic mass is 10.3. The fourth-order valence-corrected chi connectivity index (χ4v) is 3.74. The predicted molar refractivity (Wildman–Crippen MR) is 85.6 cm³/mol. The standard InChI is InChI=1S/C15H25FN2O2S/c1-3-10-17-11-5-6-12-21(19,20)18(4-2)15-9-7-8-14(16)13-15/h7-9,13,17H,3-6,10-12H2,1-2H3. The van der Waals surface area contributed by atoms with Gasteiger partial charge < -0.3 is 5.32 Å². The second-order valence-corrected chi connectivity index (χ2v) is 6.93. The first kappa shape index (κ1) is 17.9. The second kappa shape index (κ2) is 9.00. The highest BCUT2D eigenvalue weighted by atomic mass is 32.2. The molecule has 4 nitrogen and oxygen atoms in total. The minimum Gasteiger partial charge on any atom is -0.317 e. The normalized spacial score (nSPS) is 11.6. The predicted octanol–water partition coefficient (Wildman–Crippen LogP) is 2.76. The summed E-state index contributed by atoms with van der Waals surface area (Å²) in [5, 5.41) is 3.25. The maximum Gasteiger partial charge on any atom is 0.235 e. The van der Waals surface area contributed by atoms with Crippen LogP contribution in [0.4, 0.5) is 10.1 Å². The number of nitrogens with zero attached hydrogens (tertiary/aromatic N) is 1. The monoisotopic (exact) mass is 316 g/mol. The van der Waals surface area contributed by atoms with Crippen molar-refractivity contribution in [2.45, 2.75) is 33.1 Å². The first-order valence-electron chi connectivity index (χ1n) is 7.48. The van der Waals surface area contributed by atoms with E-state index in [1.807, 2.05) is 0 Å². The highest BCUT2D eigenvalue weighted by molar-refractivity contribution is 7.92. The van der Waals surface area contributed by atoms with E-state index in [-0.39, 0.29) is 5.75 Å². The minimum absolute atomic E-state index is 0.0885. The van der Waals surface area contributed by atoms with Crippen LogP contribution in [0.3, 0.4) is 0 Å². The molecular weight excluding hydrogens is 291 g/mol. The molecule has 0 bridgehead atoms. The Labute approximate surface area is 127 Å². The van der Waals surface area contributed by atoms with Gasteiger partial charge in [-0.25, -0.2) is 12.8 Å². The smallest absolute Gasteiger partial charge is 0.235 e. The summed E-state index contributed by atoms with van der Waals surface area (Å²) in [4.78, 5) is 0. The third-order valence-electron chi connectivity index (χ3n) is 3.15. The van der Waals surface area contributed by atoms with Crippen molar-refractivity contribution >= 4 is 15.7 Å². The summed E-state index contributed by atoms with van der Waals surface area (Å²) in [5.74, 6) is -0.338. The van der Waals surface area contributed by atoms with E-state index in [0.717, 1.165) is 25.9 Å². The minimum atomic E-state index is -3.40. The van der Waals surface area contributed by atoms with E-state index in [2.05, 4.69) is 12.2 Å². The van der Waals surface area contributed by atoms with Crippen molar-refractivity contribution in [1.82, 2.24) is 5.32 Å². The number of hydrogen-bond acceptors (Lipinski definition) is 3. The molecule has 0 aliphatic heterocycles. The molecule has 0 aliphatic carbocycles. The zero-order valence-electron chi connectivity index (χ0n) is 12.8. The SMILES string of the molecule is CCCNCCCCS(=O)(=O)N(CC)c1cccc(F)c1. The van der Waals surface area contributed by atoms with Gasteiger partial charge >= 0.3 is 0 Å². The van der Waals surface area contributed by atoms with Crippen LogP contribution in [0.5, 0.6) is 0 Å². The van der Waals surface area contributed by atoms with Crippen LogP contribution in [0.1, 0.15) is 33.1 Å². The van der Waals surface area contributed by atoms with Gasteiger partial charge in [-0.05, 0) is 57.5 Å². The van der Waals surface area contributed by atoms with Crippen LogP contribution in [-0.4, -0.2) is 33.8 Å². The average molecular weight is 316 g/mol. The van der Waals surface area contributed by atoms with Crippen LogP contribution in [0.25, 0.3) is 0 Å². The summed E-state index contributed by atoms with van der Waals surface area (Å²) in [6.07, 6.45) is 2.49. The first-order chi connectivity index (χ1) is 10.0. The Hall–Kier alpha value is -1.14.